The van der Waals surface area contributed by atoms with Crippen LogP contribution in [0.1, 0.15) is 64.7 Å². The van der Waals surface area contributed by atoms with Gasteiger partial charge in [-0.05, 0) is 37.1 Å². The Morgan fingerprint density at radius 3 is 2.19 bits per heavy atom. The fourth-order valence-corrected chi connectivity index (χ4v) is 7.91. The first kappa shape index (κ1) is 30.3. The lowest BCUT2D eigenvalue weighted by molar-refractivity contribution is -0.345. The van der Waals surface area contributed by atoms with Crippen molar-refractivity contribution >= 4 is 23.7 Å². The minimum absolute atomic E-state index is 0.110. The van der Waals surface area contributed by atoms with Gasteiger partial charge in [-0.25, -0.2) is 4.79 Å². The number of hydrogen-bond acceptors (Lipinski definition) is 11. The molecule has 2 saturated carbocycles. The van der Waals surface area contributed by atoms with E-state index in [-0.39, 0.29) is 30.6 Å². The van der Waals surface area contributed by atoms with Crippen molar-refractivity contribution in [2.75, 3.05) is 6.61 Å². The topological polar surface area (TPSA) is 166 Å². The molecule has 1 aromatic rings. The van der Waals surface area contributed by atoms with Crippen molar-refractivity contribution < 1.29 is 53.4 Å². The van der Waals surface area contributed by atoms with E-state index in [0.717, 1.165) is 6.92 Å². The quantitative estimate of drug-likeness (QED) is 0.267. The summed E-state index contributed by atoms with van der Waals surface area (Å²) in [6.45, 7) is 8.42. The minimum Gasteiger partial charge on any atom is -0.455 e. The number of esters is 3. The number of carbonyl (C=O) groups excluding carboxylic acids is 4. The maximum atomic E-state index is 14.8. The van der Waals surface area contributed by atoms with Crippen molar-refractivity contribution in [2.24, 2.45) is 16.7 Å². The Labute approximate surface area is 243 Å². The van der Waals surface area contributed by atoms with Crippen LogP contribution in [0.4, 0.5) is 0 Å². The maximum Gasteiger partial charge on any atom is 0.338 e. The van der Waals surface area contributed by atoms with Gasteiger partial charge in [0.15, 0.2) is 17.5 Å². The van der Waals surface area contributed by atoms with E-state index < -0.39 is 82.2 Å². The van der Waals surface area contributed by atoms with E-state index in [1.807, 2.05) is 0 Å². The molecule has 3 N–H and O–H groups in total. The van der Waals surface area contributed by atoms with Gasteiger partial charge in [0.1, 0.15) is 17.8 Å². The van der Waals surface area contributed by atoms with Crippen molar-refractivity contribution in [3.8, 4) is 0 Å². The summed E-state index contributed by atoms with van der Waals surface area (Å²) >= 11 is 0. The Hall–Kier alpha value is -3.12. The summed E-state index contributed by atoms with van der Waals surface area (Å²) in [7, 11) is 0. The monoisotopic (exact) mass is 586 g/mol. The van der Waals surface area contributed by atoms with Gasteiger partial charge in [0.2, 0.25) is 0 Å². The maximum absolute atomic E-state index is 14.8. The second-order valence-electron chi connectivity index (χ2n) is 12.8. The Morgan fingerprint density at radius 2 is 1.64 bits per heavy atom. The summed E-state index contributed by atoms with van der Waals surface area (Å²) in [5, 5.41) is 35.8. The number of ketones is 1. The molecule has 42 heavy (non-hydrogen) atoms. The van der Waals surface area contributed by atoms with Crippen LogP contribution in [0.2, 0.25) is 0 Å². The number of rotatable bonds is 4. The van der Waals surface area contributed by atoms with Crippen molar-refractivity contribution in [3.63, 3.8) is 0 Å². The van der Waals surface area contributed by atoms with Crippen LogP contribution in [-0.4, -0.2) is 87.3 Å². The van der Waals surface area contributed by atoms with Crippen LogP contribution in [0.5, 0.6) is 0 Å². The lowest BCUT2D eigenvalue weighted by Crippen LogP contribution is -2.81. The van der Waals surface area contributed by atoms with E-state index in [4.69, 9.17) is 18.9 Å². The molecule has 9 atom stereocenters. The SMILES string of the molecule is CC(=O)O[C@H]1C(=O)[C@@]2(C)C(C(OC(=O)c3ccccc3)[C@]3(O)C[C@H](O)C(C)=C1C3(C)C)[C@]1(OC(C)=O)CO[C@@H]1C[C@H]2O. The van der Waals surface area contributed by atoms with Crippen LogP contribution < -0.4 is 0 Å². The minimum atomic E-state index is -2.11. The number of hydrogen-bond donors (Lipinski definition) is 3. The lowest BCUT2D eigenvalue weighted by atomic mass is 9.44. The molecule has 4 aliphatic rings. The Balaban J connectivity index is 1.84. The van der Waals surface area contributed by atoms with Crippen LogP contribution in [-0.2, 0) is 33.3 Å². The molecule has 228 valence electrons. The first-order valence-electron chi connectivity index (χ1n) is 14.1. The average molecular weight is 587 g/mol. The third-order valence-corrected chi connectivity index (χ3v) is 10.2. The standard InChI is InChI=1S/C31H38O11/c1-15-19(34)13-31(38)26(41-27(37)18-10-8-7-9-11-18)24-29(6,20(35)12-21-30(24,14-39-21)42-17(3)33)25(36)23(40-16(2)32)22(15)28(31,4)5/h7-11,19-21,23-24,26,34-35,38H,12-14H2,1-6H3/t19-,20+,21+,23+,24?,26?,29+,30-,31+/m0/s1. The van der Waals surface area contributed by atoms with E-state index in [2.05, 4.69) is 0 Å². The number of ether oxygens (including phenoxy) is 4. The highest BCUT2D eigenvalue weighted by Crippen LogP contribution is 2.64. The van der Waals surface area contributed by atoms with Gasteiger partial charge < -0.3 is 34.3 Å². The first-order valence-corrected chi connectivity index (χ1v) is 14.1. The molecule has 0 spiro atoms. The molecule has 1 aromatic carbocycles. The Morgan fingerprint density at radius 1 is 1.00 bits per heavy atom. The zero-order valence-electron chi connectivity index (χ0n) is 24.6. The van der Waals surface area contributed by atoms with Gasteiger partial charge in [-0.3, -0.25) is 14.4 Å². The summed E-state index contributed by atoms with van der Waals surface area (Å²) in [6.07, 6.45) is -7.27. The fraction of sp³-hybridized carbons (Fsp3) is 0.613. The zero-order chi connectivity index (χ0) is 31.0. The molecular formula is C31H38O11. The second kappa shape index (κ2) is 9.97. The zero-order valence-corrected chi connectivity index (χ0v) is 24.6. The van der Waals surface area contributed by atoms with Gasteiger partial charge in [-0.15, -0.1) is 0 Å². The van der Waals surface area contributed by atoms with E-state index in [1.54, 1.807) is 39.0 Å². The van der Waals surface area contributed by atoms with Gasteiger partial charge >= 0.3 is 17.9 Å². The smallest absolute Gasteiger partial charge is 0.338 e. The highest BCUT2D eigenvalue weighted by molar-refractivity contribution is 5.95. The molecule has 3 aliphatic carbocycles. The fourth-order valence-electron chi connectivity index (χ4n) is 7.91. The number of aliphatic hydroxyl groups excluding tert-OH is 2. The highest BCUT2D eigenvalue weighted by Gasteiger charge is 2.78. The van der Waals surface area contributed by atoms with E-state index in [0.29, 0.717) is 5.57 Å². The third kappa shape index (κ3) is 4.08. The van der Waals surface area contributed by atoms with Gasteiger partial charge in [-0.1, -0.05) is 32.0 Å². The normalized spacial score (nSPS) is 40.4. The van der Waals surface area contributed by atoms with Crippen LogP contribution in [0, 0.1) is 16.7 Å². The molecule has 1 saturated heterocycles. The van der Waals surface area contributed by atoms with Crippen LogP contribution >= 0.6 is 0 Å². The Bertz CT molecular complexity index is 1350. The number of Topliss-reactive ketones (excluding diaryl/α,β-unsaturated/α-hetero) is 1. The van der Waals surface area contributed by atoms with Crippen molar-refractivity contribution in [3.05, 3.63) is 47.0 Å². The molecule has 0 aromatic heterocycles. The first-order chi connectivity index (χ1) is 19.5. The summed E-state index contributed by atoms with van der Waals surface area (Å²) in [5.74, 6) is -4.41. The van der Waals surface area contributed by atoms with E-state index in [1.165, 1.54) is 26.0 Å². The Kier molecular flexibility index (Phi) is 7.20. The summed E-state index contributed by atoms with van der Waals surface area (Å²) in [5.41, 5.74) is -6.38. The number of benzene rings is 1. The molecule has 0 amide bonds. The molecule has 1 aliphatic heterocycles. The largest absolute Gasteiger partial charge is 0.455 e. The summed E-state index contributed by atoms with van der Waals surface area (Å²) < 4.78 is 23.5. The second-order valence-corrected chi connectivity index (χ2v) is 12.8. The number of fused-ring (bicyclic) bond motifs is 5. The highest BCUT2D eigenvalue weighted by atomic mass is 16.6. The predicted octanol–water partition coefficient (Wildman–Crippen LogP) is 1.65. The van der Waals surface area contributed by atoms with Crippen molar-refractivity contribution in [1.82, 2.24) is 0 Å². The molecule has 3 fully saturated rings. The van der Waals surface area contributed by atoms with Gasteiger partial charge in [0.05, 0.1) is 35.7 Å². The van der Waals surface area contributed by atoms with Crippen molar-refractivity contribution in [1.29, 1.82) is 0 Å². The molecule has 5 rings (SSSR count). The molecule has 11 heteroatoms. The van der Waals surface area contributed by atoms with Gasteiger partial charge in [0.25, 0.3) is 0 Å². The molecular weight excluding hydrogens is 548 g/mol. The molecule has 2 unspecified atom stereocenters. The summed E-state index contributed by atoms with van der Waals surface area (Å²) in [4.78, 5) is 53.4. The lowest BCUT2D eigenvalue weighted by Gasteiger charge is -2.67. The molecule has 1 heterocycles. The van der Waals surface area contributed by atoms with Crippen LogP contribution in [0.15, 0.2) is 41.5 Å². The van der Waals surface area contributed by atoms with Gasteiger partial charge in [0, 0.05) is 32.1 Å². The molecule has 11 nitrogen and oxygen atoms in total. The van der Waals surface area contributed by atoms with E-state index in [9.17, 15) is 34.5 Å². The van der Waals surface area contributed by atoms with E-state index >= 15 is 0 Å². The number of carbonyl (C=O) groups is 4. The average Bonchev–Trinajstić information content (AvgIpc) is 2.90. The van der Waals surface area contributed by atoms with Crippen LogP contribution in [0.25, 0.3) is 0 Å². The predicted molar refractivity (Wildman–Crippen MR) is 145 cm³/mol. The van der Waals surface area contributed by atoms with Crippen molar-refractivity contribution in [2.45, 2.75) is 96.1 Å². The molecule has 2 bridgehead atoms. The third-order valence-electron chi connectivity index (χ3n) is 10.2. The van der Waals surface area contributed by atoms with Crippen LogP contribution in [0.3, 0.4) is 0 Å². The molecule has 0 radical (unpaired) electrons. The van der Waals surface area contributed by atoms with Gasteiger partial charge in [-0.2, -0.15) is 0 Å². The number of aliphatic hydroxyl groups is 3. The summed E-state index contributed by atoms with van der Waals surface area (Å²) in [6, 6.07) is 8.05.